The van der Waals surface area contributed by atoms with E-state index in [1.807, 2.05) is 6.92 Å². The molecule has 0 saturated heterocycles. The van der Waals surface area contributed by atoms with Crippen LogP contribution in [0.5, 0.6) is 0 Å². The van der Waals surface area contributed by atoms with Gasteiger partial charge in [-0.2, -0.15) is 0 Å². The maximum Gasteiger partial charge on any atom is 0.251 e. The van der Waals surface area contributed by atoms with Crippen molar-refractivity contribution in [1.82, 2.24) is 10.2 Å². The Morgan fingerprint density at radius 3 is 1.92 bits per heavy atom. The molecule has 152 valence electrons. The predicted molar refractivity (Wildman–Crippen MR) is 114 cm³/mol. The number of nitrogens with zero attached hydrogens (tertiary/aromatic N) is 1. The van der Waals surface area contributed by atoms with Crippen molar-refractivity contribution in [2.45, 2.75) is 116 Å². The van der Waals surface area contributed by atoms with Crippen molar-refractivity contribution in [1.29, 1.82) is 0 Å². The lowest BCUT2D eigenvalue weighted by Crippen LogP contribution is -2.49. The number of amides is 1. The van der Waals surface area contributed by atoms with Crippen molar-refractivity contribution in [2.75, 3.05) is 6.54 Å². The van der Waals surface area contributed by atoms with Gasteiger partial charge in [0.2, 0.25) is 0 Å². The number of unbranched alkanes of at least 4 members (excludes halogenated alkanes) is 1. The zero-order valence-electron chi connectivity index (χ0n) is 17.3. The summed E-state index contributed by atoms with van der Waals surface area (Å²) in [6.07, 6.45) is 17.4. The molecule has 0 aromatic carbocycles. The van der Waals surface area contributed by atoms with Crippen molar-refractivity contribution < 1.29 is 4.79 Å². The highest BCUT2D eigenvalue weighted by molar-refractivity contribution is 5.96. The maximum atomic E-state index is 12.6. The van der Waals surface area contributed by atoms with Gasteiger partial charge < -0.3 is 4.90 Å². The predicted octanol–water partition coefficient (Wildman–Crippen LogP) is 5.98. The Hall–Kier alpha value is -0.540. The Morgan fingerprint density at radius 1 is 0.923 bits per heavy atom. The average Bonchev–Trinajstić information content (AvgIpc) is 2.79. The van der Waals surface area contributed by atoms with Gasteiger partial charge in [0.1, 0.15) is 6.17 Å². The summed E-state index contributed by atoms with van der Waals surface area (Å²) in [6.45, 7) is 7.23. The fraction of sp³-hybridized carbons (Fsp3) is 0.864. The standard InChI is InChI=1S/C22H40N2O.ClH/c1-4-5-17-24-21(18(2)19(3)22(24)25)23-20-15-13-11-9-7-6-8-10-12-14-16-20;/h20-21,23H,4-17H2,1-3H3;1H. The molecular formula is C22H41ClN2O. The van der Waals surface area contributed by atoms with E-state index in [1.165, 1.54) is 76.2 Å². The summed E-state index contributed by atoms with van der Waals surface area (Å²) in [4.78, 5) is 14.7. The largest absolute Gasteiger partial charge is 0.319 e. The second-order valence-corrected chi connectivity index (χ2v) is 8.19. The van der Waals surface area contributed by atoms with Crippen molar-refractivity contribution in [3.63, 3.8) is 0 Å². The quantitative estimate of drug-likeness (QED) is 0.632. The molecule has 0 radical (unpaired) electrons. The van der Waals surface area contributed by atoms with E-state index < -0.39 is 0 Å². The SMILES string of the molecule is CCCCN1C(=O)C(C)=C(C)C1NC1CCCCCCCCCCC1.Cl. The van der Waals surface area contributed by atoms with Gasteiger partial charge in [0.15, 0.2) is 0 Å². The average molecular weight is 385 g/mol. The summed E-state index contributed by atoms with van der Waals surface area (Å²) in [5.74, 6) is 0.247. The van der Waals surface area contributed by atoms with Crippen molar-refractivity contribution in [2.24, 2.45) is 0 Å². The zero-order valence-corrected chi connectivity index (χ0v) is 18.1. The Kier molecular flexibility index (Phi) is 11.5. The first kappa shape index (κ1) is 23.5. The van der Waals surface area contributed by atoms with Crippen molar-refractivity contribution >= 4 is 18.3 Å². The molecule has 1 heterocycles. The second-order valence-electron chi connectivity index (χ2n) is 8.19. The van der Waals surface area contributed by atoms with Crippen LogP contribution in [0.4, 0.5) is 0 Å². The number of nitrogens with one attached hydrogen (secondary N) is 1. The van der Waals surface area contributed by atoms with Crippen molar-refractivity contribution in [3.8, 4) is 0 Å². The van der Waals surface area contributed by atoms with Gasteiger partial charge in [-0.15, -0.1) is 12.4 Å². The fourth-order valence-electron chi connectivity index (χ4n) is 4.27. The molecule has 1 aliphatic carbocycles. The van der Waals surface area contributed by atoms with E-state index in [4.69, 9.17) is 0 Å². The van der Waals surface area contributed by atoms with Gasteiger partial charge in [-0.3, -0.25) is 10.1 Å². The number of halogens is 1. The van der Waals surface area contributed by atoms with E-state index in [-0.39, 0.29) is 24.5 Å². The molecule has 1 unspecified atom stereocenters. The summed E-state index contributed by atoms with van der Waals surface area (Å²) in [5.41, 5.74) is 2.20. The van der Waals surface area contributed by atoms with E-state index in [9.17, 15) is 4.79 Å². The zero-order chi connectivity index (χ0) is 18.1. The van der Waals surface area contributed by atoms with Crippen molar-refractivity contribution in [3.05, 3.63) is 11.1 Å². The normalized spacial score (nSPS) is 24.2. The topological polar surface area (TPSA) is 32.3 Å². The first-order valence-corrected chi connectivity index (χ1v) is 10.9. The smallest absolute Gasteiger partial charge is 0.251 e. The van der Waals surface area contributed by atoms with Gasteiger partial charge in [-0.1, -0.05) is 71.1 Å². The van der Waals surface area contributed by atoms with E-state index in [2.05, 4.69) is 24.1 Å². The van der Waals surface area contributed by atoms with Crippen LogP contribution in [0.15, 0.2) is 11.1 Å². The van der Waals surface area contributed by atoms with Gasteiger partial charge in [0.25, 0.3) is 5.91 Å². The highest BCUT2D eigenvalue weighted by Crippen LogP contribution is 2.26. The summed E-state index contributed by atoms with van der Waals surface area (Å²) < 4.78 is 0. The van der Waals surface area contributed by atoms with E-state index in [0.29, 0.717) is 6.04 Å². The molecule has 1 amide bonds. The number of rotatable bonds is 5. The third-order valence-electron chi connectivity index (χ3n) is 6.15. The second kappa shape index (κ2) is 12.8. The molecule has 1 saturated carbocycles. The molecule has 1 N–H and O–H groups in total. The minimum absolute atomic E-state index is 0. The first-order chi connectivity index (χ1) is 12.1. The van der Waals surface area contributed by atoms with Crippen LogP contribution in [-0.4, -0.2) is 29.6 Å². The molecule has 1 aliphatic heterocycles. The molecule has 0 spiro atoms. The van der Waals surface area contributed by atoms with Gasteiger partial charge >= 0.3 is 0 Å². The molecule has 26 heavy (non-hydrogen) atoms. The van der Waals surface area contributed by atoms with Crippen LogP contribution >= 0.6 is 12.4 Å². The lowest BCUT2D eigenvalue weighted by Gasteiger charge is -2.32. The highest BCUT2D eigenvalue weighted by atomic mass is 35.5. The van der Waals surface area contributed by atoms with Crippen LogP contribution < -0.4 is 5.32 Å². The van der Waals surface area contributed by atoms with Crippen LogP contribution in [0.1, 0.15) is 104 Å². The van der Waals surface area contributed by atoms with Crippen LogP contribution in [0, 0.1) is 0 Å². The summed E-state index contributed by atoms with van der Waals surface area (Å²) >= 11 is 0. The van der Waals surface area contributed by atoms with Crippen LogP contribution in [0.2, 0.25) is 0 Å². The van der Waals surface area contributed by atoms with E-state index in [0.717, 1.165) is 25.0 Å². The summed E-state index contributed by atoms with van der Waals surface area (Å²) in [7, 11) is 0. The summed E-state index contributed by atoms with van der Waals surface area (Å²) in [6, 6.07) is 0.558. The van der Waals surface area contributed by atoms with Crippen LogP contribution in [-0.2, 0) is 4.79 Å². The summed E-state index contributed by atoms with van der Waals surface area (Å²) in [5, 5.41) is 3.89. The lowest BCUT2D eigenvalue weighted by atomic mass is 9.97. The van der Waals surface area contributed by atoms with Gasteiger partial charge in [-0.05, 0) is 38.7 Å². The Bertz CT molecular complexity index is 437. The number of carbonyl (C=O) groups excluding carboxylic acids is 1. The fourth-order valence-corrected chi connectivity index (χ4v) is 4.27. The molecule has 0 aromatic heterocycles. The Morgan fingerprint density at radius 2 is 1.42 bits per heavy atom. The monoisotopic (exact) mass is 384 g/mol. The van der Waals surface area contributed by atoms with Gasteiger partial charge in [-0.25, -0.2) is 0 Å². The molecule has 1 atom stereocenters. The minimum atomic E-state index is 0. The lowest BCUT2D eigenvalue weighted by molar-refractivity contribution is -0.127. The number of hydrogen-bond acceptors (Lipinski definition) is 2. The third kappa shape index (κ3) is 6.88. The molecule has 0 bridgehead atoms. The number of carbonyl (C=O) groups is 1. The molecule has 0 aromatic rings. The molecule has 2 aliphatic rings. The molecule has 2 rings (SSSR count). The first-order valence-electron chi connectivity index (χ1n) is 10.9. The maximum absolute atomic E-state index is 12.6. The van der Waals surface area contributed by atoms with E-state index in [1.54, 1.807) is 0 Å². The van der Waals surface area contributed by atoms with E-state index >= 15 is 0 Å². The molecular weight excluding hydrogens is 344 g/mol. The van der Waals surface area contributed by atoms with Gasteiger partial charge in [0.05, 0.1) is 0 Å². The molecule has 3 nitrogen and oxygen atoms in total. The number of hydrogen-bond donors (Lipinski definition) is 1. The highest BCUT2D eigenvalue weighted by Gasteiger charge is 2.35. The Balaban J connectivity index is 0.00000338. The minimum Gasteiger partial charge on any atom is -0.319 e. The van der Waals surface area contributed by atoms with Gasteiger partial charge in [0, 0.05) is 18.2 Å². The molecule has 4 heteroatoms. The van der Waals surface area contributed by atoms with Crippen LogP contribution in [0.3, 0.4) is 0 Å². The van der Waals surface area contributed by atoms with Crippen LogP contribution in [0.25, 0.3) is 0 Å². The molecule has 1 fully saturated rings. The Labute approximate surface area is 167 Å². The third-order valence-corrected chi connectivity index (χ3v) is 6.15.